The maximum atomic E-state index is 12.4. The van der Waals surface area contributed by atoms with Gasteiger partial charge in [0.05, 0.1) is 0 Å². The van der Waals surface area contributed by atoms with Gasteiger partial charge in [0.15, 0.2) is 0 Å². The maximum absolute atomic E-state index is 12.4. The molecule has 1 fully saturated rings. The molecule has 0 aromatic carbocycles. The van der Waals surface area contributed by atoms with Crippen LogP contribution in [0, 0.1) is 17.3 Å². The number of likely N-dealkylation sites (N-methyl/N-ethyl adjacent to an activating group) is 1. The number of allylic oxidation sites excluding steroid dienone is 4. The van der Waals surface area contributed by atoms with E-state index in [4.69, 9.17) is 16.3 Å². The molecule has 2 aliphatic carbocycles. The van der Waals surface area contributed by atoms with Crippen molar-refractivity contribution in [1.29, 1.82) is 0 Å². The molecule has 0 aromatic rings. The van der Waals surface area contributed by atoms with E-state index in [0.29, 0.717) is 22.3 Å². The van der Waals surface area contributed by atoms with Crippen molar-refractivity contribution in [3.05, 3.63) is 58.8 Å². The summed E-state index contributed by atoms with van der Waals surface area (Å²) < 4.78 is 5.55. The smallest absolute Gasteiger partial charge is 0.334 e. The van der Waals surface area contributed by atoms with Crippen molar-refractivity contribution in [1.82, 2.24) is 10.6 Å². The first-order valence-corrected chi connectivity index (χ1v) is 12.5. The van der Waals surface area contributed by atoms with Gasteiger partial charge in [0.2, 0.25) is 0 Å². The van der Waals surface area contributed by atoms with Crippen LogP contribution in [0.2, 0.25) is 0 Å². The molecule has 1 atom stereocenters. The molecule has 0 heterocycles. The number of ether oxygens (including phenoxy) is 1. The van der Waals surface area contributed by atoms with Crippen LogP contribution in [0.5, 0.6) is 0 Å². The van der Waals surface area contributed by atoms with E-state index in [0.717, 1.165) is 49.2 Å². The Morgan fingerprint density at radius 2 is 2.03 bits per heavy atom. The second kappa shape index (κ2) is 11.6. The first-order valence-electron chi connectivity index (χ1n) is 12.1. The molecule has 0 radical (unpaired) electrons. The first-order chi connectivity index (χ1) is 15.3. The first kappa shape index (κ1) is 27.5. The van der Waals surface area contributed by atoms with E-state index in [-0.39, 0.29) is 5.97 Å². The summed E-state index contributed by atoms with van der Waals surface area (Å²) >= 11 is 5.93. The van der Waals surface area contributed by atoms with Gasteiger partial charge in [-0.1, -0.05) is 49.4 Å². The Morgan fingerprint density at radius 3 is 2.55 bits per heavy atom. The summed E-state index contributed by atoms with van der Waals surface area (Å²) in [5.41, 5.74) is 4.03. The lowest BCUT2D eigenvalue weighted by molar-refractivity contribution is -0.150. The molecule has 0 amide bonds. The van der Waals surface area contributed by atoms with Crippen LogP contribution in [0.3, 0.4) is 0 Å². The molecule has 1 unspecified atom stereocenters. The Labute approximate surface area is 206 Å². The van der Waals surface area contributed by atoms with Crippen LogP contribution in [0.1, 0.15) is 66.7 Å². The number of carbonyl (C=O) groups excluding carboxylic acids is 1. The fourth-order valence-electron chi connectivity index (χ4n) is 4.74. The highest BCUT2D eigenvalue weighted by atomic mass is 35.5. The summed E-state index contributed by atoms with van der Waals surface area (Å²) in [6.07, 6.45) is 11.8. The van der Waals surface area contributed by atoms with E-state index in [9.17, 15) is 4.79 Å². The van der Waals surface area contributed by atoms with Gasteiger partial charge in [-0.3, -0.25) is 0 Å². The molecule has 2 rings (SSSR count). The largest absolute Gasteiger partial charge is 0.457 e. The van der Waals surface area contributed by atoms with Gasteiger partial charge in [-0.25, -0.2) is 4.79 Å². The van der Waals surface area contributed by atoms with Gasteiger partial charge in [-0.05, 0) is 95.7 Å². The lowest BCUT2D eigenvalue weighted by Crippen LogP contribution is -2.41. The Bertz CT molecular complexity index is 838. The van der Waals surface area contributed by atoms with E-state index in [2.05, 4.69) is 42.9 Å². The van der Waals surface area contributed by atoms with Gasteiger partial charge in [-0.2, -0.15) is 0 Å². The Hall–Kier alpha value is -1.78. The van der Waals surface area contributed by atoms with Crippen LogP contribution in [0.4, 0.5) is 0 Å². The van der Waals surface area contributed by atoms with Crippen LogP contribution in [-0.4, -0.2) is 31.7 Å². The number of carbonyl (C=O) groups is 1. The van der Waals surface area contributed by atoms with E-state index < -0.39 is 5.60 Å². The van der Waals surface area contributed by atoms with Gasteiger partial charge in [-0.15, -0.1) is 0 Å². The van der Waals surface area contributed by atoms with Crippen LogP contribution in [-0.2, 0) is 9.53 Å². The molecule has 1 saturated carbocycles. The topological polar surface area (TPSA) is 50.4 Å². The third-order valence-electron chi connectivity index (χ3n) is 6.60. The maximum Gasteiger partial charge on any atom is 0.334 e. The van der Waals surface area contributed by atoms with E-state index >= 15 is 0 Å². The van der Waals surface area contributed by atoms with Crippen LogP contribution in [0.15, 0.2) is 58.8 Å². The van der Waals surface area contributed by atoms with Crippen LogP contribution < -0.4 is 10.6 Å². The van der Waals surface area contributed by atoms with Gasteiger partial charge in [0.25, 0.3) is 0 Å². The molecule has 33 heavy (non-hydrogen) atoms. The summed E-state index contributed by atoms with van der Waals surface area (Å²) in [6.45, 7) is 19.5. The molecular weight excluding hydrogens is 432 g/mol. The predicted octanol–water partition coefficient (Wildman–Crippen LogP) is 6.42. The summed E-state index contributed by atoms with van der Waals surface area (Å²) in [5.74, 6) is 0.855. The third kappa shape index (κ3) is 8.50. The summed E-state index contributed by atoms with van der Waals surface area (Å²) in [6, 6.07) is 0. The number of halogens is 1. The standard InChI is InChI=1S/C28H43ClN2O2/c1-19(17-31-21(3)14-20(2)22(4)29)13-24(18-30-8)25-15-28(16-25)11-9-23(10-12-28)26(32)33-27(5,6)7/h9,13-14,19,25,30-31H,3-4,10-12,15-18H2,1-2,5-8H3/b20-14-,24-13+. The summed E-state index contributed by atoms with van der Waals surface area (Å²) in [5, 5.41) is 7.28. The average Bonchev–Trinajstić information content (AvgIpc) is 2.69. The van der Waals surface area contributed by atoms with Crippen molar-refractivity contribution in [2.75, 3.05) is 20.1 Å². The van der Waals surface area contributed by atoms with Crippen molar-refractivity contribution < 1.29 is 9.53 Å². The Balaban J connectivity index is 1.91. The normalized spacial score (nSPS) is 24.6. The molecule has 0 saturated heterocycles. The Kier molecular flexibility index (Phi) is 9.63. The number of rotatable bonds is 10. The fourth-order valence-corrected chi connectivity index (χ4v) is 4.80. The Morgan fingerprint density at radius 1 is 1.36 bits per heavy atom. The van der Waals surface area contributed by atoms with Gasteiger partial charge >= 0.3 is 5.97 Å². The monoisotopic (exact) mass is 474 g/mol. The number of esters is 1. The SMILES string of the molecule is C=C(/C=C(/C)C(=C)Cl)NCC(C)/C=C(\CNC)C1CC2(CC=C(C(=O)OC(C)(C)C)CC2)C1. The minimum Gasteiger partial charge on any atom is -0.457 e. The molecule has 5 heteroatoms. The van der Waals surface area contributed by atoms with Crippen LogP contribution in [0.25, 0.3) is 0 Å². The number of nitrogens with one attached hydrogen (secondary N) is 2. The zero-order chi connectivity index (χ0) is 24.8. The van der Waals surface area contributed by atoms with E-state index in [1.807, 2.05) is 40.8 Å². The number of hydrogen-bond acceptors (Lipinski definition) is 4. The average molecular weight is 475 g/mol. The lowest BCUT2D eigenvalue weighted by atomic mass is 9.54. The van der Waals surface area contributed by atoms with E-state index in [1.165, 1.54) is 18.4 Å². The molecular formula is C28H43ClN2O2. The van der Waals surface area contributed by atoms with Crippen molar-refractivity contribution in [2.24, 2.45) is 17.3 Å². The molecule has 2 aliphatic rings. The zero-order valence-corrected chi connectivity index (χ0v) is 22.2. The second-order valence-electron chi connectivity index (χ2n) is 10.9. The minimum atomic E-state index is -0.437. The van der Waals surface area contributed by atoms with Crippen LogP contribution >= 0.6 is 11.6 Å². The predicted molar refractivity (Wildman–Crippen MR) is 140 cm³/mol. The quantitative estimate of drug-likeness (QED) is 0.218. The van der Waals surface area contributed by atoms with Crippen molar-refractivity contribution in [3.8, 4) is 0 Å². The molecule has 0 aromatic heterocycles. The molecule has 0 aliphatic heterocycles. The number of hydrogen-bond donors (Lipinski definition) is 2. The second-order valence-corrected chi connectivity index (χ2v) is 11.4. The van der Waals surface area contributed by atoms with Crippen molar-refractivity contribution in [2.45, 2.75) is 72.3 Å². The van der Waals surface area contributed by atoms with E-state index in [1.54, 1.807) is 0 Å². The summed E-state index contributed by atoms with van der Waals surface area (Å²) in [7, 11) is 2.01. The molecule has 4 nitrogen and oxygen atoms in total. The molecule has 0 bridgehead atoms. The molecule has 1 spiro atoms. The third-order valence-corrected chi connectivity index (χ3v) is 6.90. The van der Waals surface area contributed by atoms with Gasteiger partial charge in [0.1, 0.15) is 5.60 Å². The van der Waals surface area contributed by atoms with Gasteiger partial charge in [0, 0.05) is 29.4 Å². The summed E-state index contributed by atoms with van der Waals surface area (Å²) in [4.78, 5) is 12.4. The highest BCUT2D eigenvalue weighted by molar-refractivity contribution is 6.31. The van der Waals surface area contributed by atoms with Crippen molar-refractivity contribution in [3.63, 3.8) is 0 Å². The molecule has 184 valence electrons. The van der Waals surface area contributed by atoms with Gasteiger partial charge < -0.3 is 15.4 Å². The highest BCUT2D eigenvalue weighted by Gasteiger charge is 2.46. The molecule has 2 N–H and O–H groups in total. The fraction of sp³-hybridized carbons (Fsp3) is 0.607. The zero-order valence-electron chi connectivity index (χ0n) is 21.4. The van der Waals surface area contributed by atoms with Crippen molar-refractivity contribution >= 4 is 17.6 Å². The highest BCUT2D eigenvalue weighted by Crippen LogP contribution is 2.56. The lowest BCUT2D eigenvalue weighted by Gasteiger charge is -2.50. The minimum absolute atomic E-state index is 0.146.